The molecular formula is C19H21FN2O2. The number of para-hydroxylation sites is 1. The third kappa shape index (κ3) is 3.92. The summed E-state index contributed by atoms with van der Waals surface area (Å²) in [6.45, 7) is 1.15. The zero-order valence-electron chi connectivity index (χ0n) is 13.6. The summed E-state index contributed by atoms with van der Waals surface area (Å²) in [5.41, 5.74) is 0.851. The van der Waals surface area contributed by atoms with Crippen molar-refractivity contribution < 1.29 is 13.9 Å². The quantitative estimate of drug-likeness (QED) is 0.917. The van der Waals surface area contributed by atoms with E-state index in [0.717, 1.165) is 11.3 Å². The minimum atomic E-state index is -0.271. The molecule has 1 aliphatic heterocycles. The van der Waals surface area contributed by atoms with E-state index in [4.69, 9.17) is 4.74 Å². The lowest BCUT2D eigenvalue weighted by atomic mass is 10.1. The molecule has 2 aromatic carbocycles. The topological polar surface area (TPSA) is 41.6 Å². The number of ether oxygens (including phenoxy) is 1. The Labute approximate surface area is 141 Å². The van der Waals surface area contributed by atoms with Crippen LogP contribution in [-0.2, 0) is 11.3 Å². The van der Waals surface area contributed by atoms with E-state index in [2.05, 4.69) is 5.32 Å². The van der Waals surface area contributed by atoms with Crippen LogP contribution in [0.5, 0.6) is 5.75 Å². The Balaban J connectivity index is 1.72. The summed E-state index contributed by atoms with van der Waals surface area (Å²) in [4.78, 5) is 14.2. The maximum atomic E-state index is 13.4. The Bertz CT molecular complexity index is 693. The molecule has 0 radical (unpaired) electrons. The van der Waals surface area contributed by atoms with Crippen LogP contribution < -0.4 is 10.1 Å². The van der Waals surface area contributed by atoms with Gasteiger partial charge in [0.2, 0.25) is 5.91 Å². The summed E-state index contributed by atoms with van der Waals surface area (Å²) in [7, 11) is 1.63. The van der Waals surface area contributed by atoms with Gasteiger partial charge in [0.15, 0.2) is 0 Å². The molecule has 0 saturated carbocycles. The fraction of sp³-hybridized carbons (Fsp3) is 0.316. The second kappa shape index (κ2) is 7.45. The SMILES string of the molecule is CNC(=O)[C@H]1C[C@H](Oc2ccccc2)CN1Cc1cccc(F)c1. The number of hydrogen-bond donors (Lipinski definition) is 1. The molecule has 1 N–H and O–H groups in total. The molecule has 0 unspecified atom stereocenters. The molecule has 0 spiro atoms. The van der Waals surface area contributed by atoms with Crippen molar-refractivity contribution in [3.63, 3.8) is 0 Å². The molecule has 1 heterocycles. The molecule has 3 rings (SSSR count). The first-order chi connectivity index (χ1) is 11.7. The lowest BCUT2D eigenvalue weighted by molar-refractivity contribution is -0.125. The number of likely N-dealkylation sites (tertiary alicyclic amines) is 1. The molecule has 4 nitrogen and oxygen atoms in total. The van der Waals surface area contributed by atoms with E-state index in [0.29, 0.717) is 19.5 Å². The Morgan fingerprint density at radius 2 is 2.04 bits per heavy atom. The van der Waals surface area contributed by atoms with E-state index in [1.165, 1.54) is 12.1 Å². The highest BCUT2D eigenvalue weighted by Gasteiger charge is 2.37. The van der Waals surface area contributed by atoms with Crippen molar-refractivity contribution >= 4 is 5.91 Å². The first-order valence-corrected chi connectivity index (χ1v) is 8.07. The number of nitrogens with zero attached hydrogens (tertiary/aromatic N) is 1. The van der Waals surface area contributed by atoms with Crippen molar-refractivity contribution in [2.75, 3.05) is 13.6 Å². The number of hydrogen-bond acceptors (Lipinski definition) is 3. The second-order valence-corrected chi connectivity index (χ2v) is 5.98. The highest BCUT2D eigenvalue weighted by Crippen LogP contribution is 2.25. The molecule has 0 aliphatic carbocycles. The van der Waals surface area contributed by atoms with Crippen LogP contribution in [0.4, 0.5) is 4.39 Å². The van der Waals surface area contributed by atoms with Crippen LogP contribution in [-0.4, -0.2) is 36.5 Å². The predicted molar refractivity (Wildman–Crippen MR) is 90.1 cm³/mol. The van der Waals surface area contributed by atoms with Crippen molar-refractivity contribution in [3.05, 3.63) is 66.0 Å². The maximum Gasteiger partial charge on any atom is 0.237 e. The van der Waals surface area contributed by atoms with Crippen molar-refractivity contribution in [3.8, 4) is 5.75 Å². The molecule has 0 aromatic heterocycles. The van der Waals surface area contributed by atoms with Gasteiger partial charge in [-0.15, -0.1) is 0 Å². The third-order valence-corrected chi connectivity index (χ3v) is 4.23. The summed E-state index contributed by atoms with van der Waals surface area (Å²) in [5.74, 6) is 0.497. The number of amides is 1. The molecule has 2 aromatic rings. The normalized spacial score (nSPS) is 20.8. The van der Waals surface area contributed by atoms with Gasteiger partial charge in [0.25, 0.3) is 0 Å². The van der Waals surface area contributed by atoms with Crippen LogP contribution in [0.3, 0.4) is 0 Å². The average Bonchev–Trinajstić information content (AvgIpc) is 2.97. The van der Waals surface area contributed by atoms with Gasteiger partial charge < -0.3 is 10.1 Å². The van der Waals surface area contributed by atoms with Crippen LogP contribution in [0.2, 0.25) is 0 Å². The number of rotatable bonds is 5. The van der Waals surface area contributed by atoms with Crippen molar-refractivity contribution in [1.82, 2.24) is 10.2 Å². The smallest absolute Gasteiger partial charge is 0.237 e. The molecule has 5 heteroatoms. The van der Waals surface area contributed by atoms with E-state index in [9.17, 15) is 9.18 Å². The standard InChI is InChI=1S/C19H21FN2O2/c1-21-19(23)18-11-17(24-16-8-3-2-4-9-16)13-22(18)12-14-6-5-7-15(20)10-14/h2-10,17-18H,11-13H2,1H3,(H,21,23)/t17-,18+/m0/s1. The van der Waals surface area contributed by atoms with Gasteiger partial charge >= 0.3 is 0 Å². The Morgan fingerprint density at radius 3 is 2.75 bits per heavy atom. The summed E-state index contributed by atoms with van der Waals surface area (Å²) < 4.78 is 19.4. The maximum absolute atomic E-state index is 13.4. The number of halogens is 1. The highest BCUT2D eigenvalue weighted by atomic mass is 19.1. The number of carbonyl (C=O) groups excluding carboxylic acids is 1. The summed E-state index contributed by atoms with van der Waals surface area (Å²) in [6.07, 6.45) is 0.549. The van der Waals surface area contributed by atoms with Gasteiger partial charge in [0.1, 0.15) is 17.7 Å². The van der Waals surface area contributed by atoms with Gasteiger partial charge in [0.05, 0.1) is 6.04 Å². The lowest BCUT2D eigenvalue weighted by Crippen LogP contribution is -2.41. The van der Waals surface area contributed by atoms with Gasteiger partial charge in [-0.3, -0.25) is 9.69 Å². The predicted octanol–water partition coefficient (Wildman–Crippen LogP) is 2.59. The number of benzene rings is 2. The van der Waals surface area contributed by atoms with Crippen LogP contribution in [0.15, 0.2) is 54.6 Å². The van der Waals surface area contributed by atoms with Gasteiger partial charge in [0, 0.05) is 26.6 Å². The second-order valence-electron chi connectivity index (χ2n) is 5.98. The molecule has 1 saturated heterocycles. The average molecular weight is 328 g/mol. The molecule has 1 aliphatic rings. The van der Waals surface area contributed by atoms with E-state index >= 15 is 0 Å². The van der Waals surface area contributed by atoms with Gasteiger partial charge in [-0.25, -0.2) is 4.39 Å². The molecule has 126 valence electrons. The lowest BCUT2D eigenvalue weighted by Gasteiger charge is -2.22. The number of carbonyl (C=O) groups is 1. The fourth-order valence-electron chi connectivity index (χ4n) is 3.12. The minimum absolute atomic E-state index is 0.0365. The highest BCUT2D eigenvalue weighted by molar-refractivity contribution is 5.81. The van der Waals surface area contributed by atoms with Crippen molar-refractivity contribution in [2.45, 2.75) is 25.1 Å². The van der Waals surface area contributed by atoms with Crippen LogP contribution in [0.25, 0.3) is 0 Å². The Hall–Kier alpha value is -2.40. The van der Waals surface area contributed by atoms with E-state index in [1.807, 2.05) is 41.3 Å². The van der Waals surface area contributed by atoms with Crippen molar-refractivity contribution in [1.29, 1.82) is 0 Å². The molecular weight excluding hydrogens is 307 g/mol. The van der Waals surface area contributed by atoms with Gasteiger partial charge in [-0.1, -0.05) is 30.3 Å². The molecule has 1 fully saturated rings. The summed E-state index contributed by atoms with van der Waals surface area (Å²) in [6, 6.07) is 15.8. The first-order valence-electron chi connectivity index (χ1n) is 8.07. The molecule has 1 amide bonds. The summed E-state index contributed by atoms with van der Waals surface area (Å²) >= 11 is 0. The van der Waals surface area contributed by atoms with E-state index in [-0.39, 0.29) is 23.9 Å². The van der Waals surface area contributed by atoms with Gasteiger partial charge in [-0.2, -0.15) is 0 Å². The molecule has 24 heavy (non-hydrogen) atoms. The minimum Gasteiger partial charge on any atom is -0.489 e. The molecule has 0 bridgehead atoms. The van der Waals surface area contributed by atoms with Crippen LogP contribution in [0, 0.1) is 5.82 Å². The van der Waals surface area contributed by atoms with E-state index in [1.54, 1.807) is 13.1 Å². The van der Waals surface area contributed by atoms with Crippen molar-refractivity contribution in [2.24, 2.45) is 0 Å². The Kier molecular flexibility index (Phi) is 5.11. The van der Waals surface area contributed by atoms with Crippen LogP contribution >= 0.6 is 0 Å². The Morgan fingerprint density at radius 1 is 1.25 bits per heavy atom. The summed E-state index contributed by atoms with van der Waals surface area (Å²) in [5, 5.41) is 2.71. The van der Waals surface area contributed by atoms with Gasteiger partial charge in [-0.05, 0) is 29.8 Å². The number of likely N-dealkylation sites (N-methyl/N-ethyl adjacent to an activating group) is 1. The van der Waals surface area contributed by atoms with E-state index < -0.39 is 0 Å². The van der Waals surface area contributed by atoms with Crippen LogP contribution in [0.1, 0.15) is 12.0 Å². The number of nitrogens with one attached hydrogen (secondary N) is 1. The first kappa shape index (κ1) is 16.5. The zero-order chi connectivity index (χ0) is 16.9. The third-order valence-electron chi connectivity index (χ3n) is 4.23. The largest absolute Gasteiger partial charge is 0.489 e. The zero-order valence-corrected chi connectivity index (χ0v) is 13.6. The fourth-order valence-corrected chi connectivity index (χ4v) is 3.12. The monoisotopic (exact) mass is 328 g/mol. The molecule has 2 atom stereocenters.